The van der Waals surface area contributed by atoms with Gasteiger partial charge in [-0.1, -0.05) is 12.1 Å². The fourth-order valence-corrected chi connectivity index (χ4v) is 3.85. The number of hydrogen-bond acceptors (Lipinski definition) is 3. The first kappa shape index (κ1) is 17.5. The third-order valence-electron chi connectivity index (χ3n) is 5.31. The fourth-order valence-electron chi connectivity index (χ4n) is 3.85. The van der Waals surface area contributed by atoms with Crippen LogP contribution in [0.4, 0.5) is 0 Å². The Morgan fingerprint density at radius 3 is 2.70 bits per heavy atom. The summed E-state index contributed by atoms with van der Waals surface area (Å²) in [6, 6.07) is 12.0. The van der Waals surface area contributed by atoms with E-state index >= 15 is 0 Å². The standard InChI is InChI=1S/C21H25N5O/c1-15-12-16(2)26(24-15)13-17-5-7-18(8-6-17)21(27)25-11-3-4-19(14-25)20-9-10-22-23-20/h5-10,12,19H,3-4,11,13-14H2,1-2H3,(H,22,23). The third-order valence-corrected chi connectivity index (χ3v) is 5.31. The van der Waals surface area contributed by atoms with Gasteiger partial charge in [-0.05, 0) is 56.5 Å². The quantitative estimate of drug-likeness (QED) is 0.773. The van der Waals surface area contributed by atoms with Crippen LogP contribution in [-0.2, 0) is 6.54 Å². The topological polar surface area (TPSA) is 66.8 Å². The number of benzene rings is 1. The summed E-state index contributed by atoms with van der Waals surface area (Å²) < 4.78 is 1.99. The summed E-state index contributed by atoms with van der Waals surface area (Å²) >= 11 is 0. The second-order valence-corrected chi connectivity index (χ2v) is 7.38. The first-order valence-electron chi connectivity index (χ1n) is 9.48. The molecule has 3 heterocycles. The minimum absolute atomic E-state index is 0.108. The van der Waals surface area contributed by atoms with Crippen LogP contribution in [0.5, 0.6) is 0 Å². The molecule has 1 unspecified atom stereocenters. The maximum Gasteiger partial charge on any atom is 0.253 e. The Morgan fingerprint density at radius 1 is 1.22 bits per heavy atom. The molecule has 1 fully saturated rings. The summed E-state index contributed by atoms with van der Waals surface area (Å²) in [7, 11) is 0. The molecule has 2 aromatic heterocycles. The molecule has 0 radical (unpaired) electrons. The molecular weight excluding hydrogens is 338 g/mol. The van der Waals surface area contributed by atoms with Crippen molar-refractivity contribution in [2.75, 3.05) is 13.1 Å². The molecule has 1 aliphatic rings. The molecule has 0 spiro atoms. The van der Waals surface area contributed by atoms with Gasteiger partial charge in [0.1, 0.15) is 0 Å². The molecule has 0 saturated carbocycles. The summed E-state index contributed by atoms with van der Waals surface area (Å²) in [5, 5.41) is 11.6. The lowest BCUT2D eigenvalue weighted by Gasteiger charge is -2.32. The molecule has 1 amide bonds. The highest BCUT2D eigenvalue weighted by Gasteiger charge is 2.26. The maximum atomic E-state index is 12.9. The first-order valence-corrected chi connectivity index (χ1v) is 9.48. The summed E-state index contributed by atoms with van der Waals surface area (Å²) in [4.78, 5) is 14.9. The fraction of sp³-hybridized carbons (Fsp3) is 0.381. The van der Waals surface area contributed by atoms with Crippen LogP contribution in [0.15, 0.2) is 42.6 Å². The van der Waals surface area contributed by atoms with E-state index in [0.29, 0.717) is 5.92 Å². The van der Waals surface area contributed by atoms with Crippen molar-refractivity contribution in [3.05, 3.63) is 70.8 Å². The van der Waals surface area contributed by atoms with E-state index in [2.05, 4.69) is 28.3 Å². The van der Waals surface area contributed by atoms with Crippen LogP contribution in [0.1, 0.15) is 51.8 Å². The molecule has 1 aromatic carbocycles. The van der Waals surface area contributed by atoms with Crippen LogP contribution in [0.3, 0.4) is 0 Å². The second kappa shape index (κ2) is 7.39. The van der Waals surface area contributed by atoms with E-state index in [0.717, 1.165) is 60.7 Å². The van der Waals surface area contributed by atoms with Gasteiger partial charge in [0, 0.05) is 42.2 Å². The average Bonchev–Trinajstić information content (AvgIpc) is 3.32. The maximum absolute atomic E-state index is 12.9. The largest absolute Gasteiger partial charge is 0.338 e. The molecule has 6 nitrogen and oxygen atoms in total. The number of rotatable bonds is 4. The van der Waals surface area contributed by atoms with Crippen LogP contribution in [-0.4, -0.2) is 43.9 Å². The number of nitrogens with one attached hydrogen (secondary N) is 1. The number of amides is 1. The molecule has 1 aliphatic heterocycles. The van der Waals surface area contributed by atoms with E-state index in [1.807, 2.05) is 46.8 Å². The van der Waals surface area contributed by atoms with Gasteiger partial charge in [0.05, 0.1) is 12.2 Å². The van der Waals surface area contributed by atoms with Crippen LogP contribution in [0.2, 0.25) is 0 Å². The molecule has 27 heavy (non-hydrogen) atoms. The number of likely N-dealkylation sites (tertiary alicyclic amines) is 1. The smallest absolute Gasteiger partial charge is 0.253 e. The number of aryl methyl sites for hydroxylation is 2. The molecule has 6 heteroatoms. The van der Waals surface area contributed by atoms with Gasteiger partial charge in [-0.25, -0.2) is 0 Å². The average molecular weight is 363 g/mol. The van der Waals surface area contributed by atoms with Gasteiger partial charge in [-0.3, -0.25) is 14.6 Å². The Morgan fingerprint density at radius 2 is 2.04 bits per heavy atom. The van der Waals surface area contributed by atoms with E-state index in [4.69, 9.17) is 0 Å². The number of carbonyl (C=O) groups excluding carboxylic acids is 1. The Hall–Kier alpha value is -2.89. The van der Waals surface area contributed by atoms with Crippen LogP contribution >= 0.6 is 0 Å². The van der Waals surface area contributed by atoms with Crippen molar-refractivity contribution in [2.24, 2.45) is 0 Å². The van der Waals surface area contributed by atoms with Gasteiger partial charge in [0.2, 0.25) is 0 Å². The van der Waals surface area contributed by atoms with Crippen molar-refractivity contribution >= 4 is 5.91 Å². The SMILES string of the molecule is Cc1cc(C)n(Cc2ccc(C(=O)N3CCCC(c4ccn[nH]4)C3)cc2)n1. The molecule has 4 rings (SSSR count). The van der Waals surface area contributed by atoms with E-state index in [9.17, 15) is 4.79 Å². The Balaban J connectivity index is 1.43. The van der Waals surface area contributed by atoms with Crippen molar-refractivity contribution in [3.8, 4) is 0 Å². The molecule has 0 aliphatic carbocycles. The predicted octanol–water partition coefficient (Wildman–Crippen LogP) is 3.29. The van der Waals surface area contributed by atoms with Gasteiger partial charge in [-0.15, -0.1) is 0 Å². The molecule has 1 N–H and O–H groups in total. The van der Waals surface area contributed by atoms with Gasteiger partial charge in [0.15, 0.2) is 0 Å². The van der Waals surface area contributed by atoms with Crippen molar-refractivity contribution in [1.29, 1.82) is 0 Å². The molecule has 0 bridgehead atoms. The number of H-pyrrole nitrogens is 1. The number of aromatic amines is 1. The van der Waals surface area contributed by atoms with Crippen molar-refractivity contribution in [3.63, 3.8) is 0 Å². The van der Waals surface area contributed by atoms with E-state index in [1.165, 1.54) is 0 Å². The van der Waals surface area contributed by atoms with Gasteiger partial charge < -0.3 is 4.90 Å². The Kier molecular flexibility index (Phi) is 4.79. The van der Waals surface area contributed by atoms with Crippen LogP contribution in [0, 0.1) is 13.8 Å². The number of piperidine rings is 1. The number of aromatic nitrogens is 4. The Bertz CT molecular complexity index is 911. The summed E-state index contributed by atoms with van der Waals surface area (Å²) in [5.74, 6) is 0.451. The number of nitrogens with zero attached hydrogens (tertiary/aromatic N) is 4. The van der Waals surface area contributed by atoms with Gasteiger partial charge in [-0.2, -0.15) is 10.2 Å². The lowest BCUT2D eigenvalue weighted by Crippen LogP contribution is -2.39. The van der Waals surface area contributed by atoms with E-state index in [1.54, 1.807) is 6.20 Å². The van der Waals surface area contributed by atoms with Crippen molar-refractivity contribution in [1.82, 2.24) is 24.9 Å². The molecule has 1 saturated heterocycles. The lowest BCUT2D eigenvalue weighted by atomic mass is 9.94. The van der Waals surface area contributed by atoms with Gasteiger partial charge >= 0.3 is 0 Å². The summed E-state index contributed by atoms with van der Waals surface area (Å²) in [6.07, 6.45) is 3.89. The highest BCUT2D eigenvalue weighted by molar-refractivity contribution is 5.94. The van der Waals surface area contributed by atoms with Crippen molar-refractivity contribution in [2.45, 2.75) is 39.2 Å². The second-order valence-electron chi connectivity index (χ2n) is 7.38. The monoisotopic (exact) mass is 363 g/mol. The molecule has 1 atom stereocenters. The first-order chi connectivity index (χ1) is 13.1. The minimum atomic E-state index is 0.108. The number of carbonyl (C=O) groups is 1. The van der Waals surface area contributed by atoms with Gasteiger partial charge in [0.25, 0.3) is 5.91 Å². The highest BCUT2D eigenvalue weighted by Crippen LogP contribution is 2.26. The van der Waals surface area contributed by atoms with E-state index in [-0.39, 0.29) is 5.91 Å². The molecular formula is C21H25N5O. The van der Waals surface area contributed by atoms with Crippen molar-refractivity contribution < 1.29 is 4.79 Å². The van der Waals surface area contributed by atoms with Crippen LogP contribution in [0.25, 0.3) is 0 Å². The highest BCUT2D eigenvalue weighted by atomic mass is 16.2. The van der Waals surface area contributed by atoms with E-state index < -0.39 is 0 Å². The summed E-state index contributed by atoms with van der Waals surface area (Å²) in [5.41, 5.74) is 5.18. The zero-order valence-corrected chi connectivity index (χ0v) is 15.9. The normalized spacial score (nSPS) is 17.3. The van der Waals surface area contributed by atoms with Crippen LogP contribution < -0.4 is 0 Å². The predicted molar refractivity (Wildman–Crippen MR) is 104 cm³/mol. The number of hydrogen-bond donors (Lipinski definition) is 1. The molecule has 140 valence electrons. The zero-order valence-electron chi connectivity index (χ0n) is 15.9. The Labute approximate surface area is 159 Å². The lowest BCUT2D eigenvalue weighted by molar-refractivity contribution is 0.0706. The third kappa shape index (κ3) is 3.79. The summed E-state index contributed by atoms with van der Waals surface area (Å²) in [6.45, 7) is 6.34. The molecule has 3 aromatic rings. The zero-order chi connectivity index (χ0) is 18.8. The minimum Gasteiger partial charge on any atom is -0.338 e.